The lowest BCUT2D eigenvalue weighted by Gasteiger charge is -2.22. The van der Waals surface area contributed by atoms with E-state index < -0.39 is 6.10 Å². The van der Waals surface area contributed by atoms with Crippen molar-refractivity contribution in [3.8, 4) is 6.07 Å². The van der Waals surface area contributed by atoms with Gasteiger partial charge in [0.25, 0.3) is 5.91 Å². The van der Waals surface area contributed by atoms with Crippen LogP contribution in [0.25, 0.3) is 0 Å². The van der Waals surface area contributed by atoms with Crippen molar-refractivity contribution in [1.29, 1.82) is 5.26 Å². The second-order valence-corrected chi connectivity index (χ2v) is 5.31. The van der Waals surface area contributed by atoms with Gasteiger partial charge >= 0.3 is 0 Å². The average Bonchev–Trinajstić information content (AvgIpc) is 2.50. The van der Waals surface area contributed by atoms with Crippen LogP contribution in [0.1, 0.15) is 6.42 Å². The van der Waals surface area contributed by atoms with Crippen molar-refractivity contribution in [1.82, 2.24) is 0 Å². The summed E-state index contributed by atoms with van der Waals surface area (Å²) in [5.74, 6) is 0.505. The summed E-state index contributed by atoms with van der Waals surface area (Å²) < 4.78 is 10.6. The van der Waals surface area contributed by atoms with E-state index in [1.54, 1.807) is 11.8 Å². The molecule has 0 aromatic heterocycles. The maximum absolute atomic E-state index is 12.1. The van der Waals surface area contributed by atoms with Crippen molar-refractivity contribution in [3.63, 3.8) is 0 Å². The number of carbonyl (C=O) groups excluding carboxylic acids is 1. The monoisotopic (exact) mass is 292 g/mol. The number of hydrogen-bond acceptors (Lipinski definition) is 5. The standard InChI is InChI=1S/C14H16N2O3S/c15-6-3-9-20-13-5-2-1-4-11(13)16-14(17)12-10-18-7-8-19-12/h1-2,4-5,12H,3,7-10H2,(H,16,17). The minimum atomic E-state index is -0.555. The molecule has 1 saturated heterocycles. The minimum absolute atomic E-state index is 0.196. The lowest BCUT2D eigenvalue weighted by molar-refractivity contribution is -0.142. The lowest BCUT2D eigenvalue weighted by Crippen LogP contribution is -2.39. The summed E-state index contributed by atoms with van der Waals surface area (Å²) in [6.45, 7) is 1.26. The third-order valence-corrected chi connectivity index (χ3v) is 3.80. The molecule has 1 fully saturated rings. The van der Waals surface area contributed by atoms with E-state index in [1.807, 2.05) is 24.3 Å². The zero-order valence-electron chi connectivity index (χ0n) is 11.0. The molecule has 1 aromatic carbocycles. The normalized spacial score (nSPS) is 18.2. The van der Waals surface area contributed by atoms with Crippen LogP contribution in [0.2, 0.25) is 0 Å². The highest BCUT2D eigenvalue weighted by molar-refractivity contribution is 7.99. The van der Waals surface area contributed by atoms with Gasteiger partial charge in [0.2, 0.25) is 0 Å². The van der Waals surface area contributed by atoms with Crippen molar-refractivity contribution < 1.29 is 14.3 Å². The second kappa shape index (κ2) is 7.90. The van der Waals surface area contributed by atoms with Crippen molar-refractivity contribution in [3.05, 3.63) is 24.3 Å². The zero-order valence-corrected chi connectivity index (χ0v) is 11.8. The number of nitriles is 1. The van der Waals surface area contributed by atoms with Crippen LogP contribution < -0.4 is 5.32 Å². The molecule has 1 heterocycles. The van der Waals surface area contributed by atoms with Crippen LogP contribution >= 0.6 is 11.8 Å². The van der Waals surface area contributed by atoms with E-state index in [9.17, 15) is 4.79 Å². The van der Waals surface area contributed by atoms with Gasteiger partial charge in [0, 0.05) is 17.1 Å². The van der Waals surface area contributed by atoms with E-state index in [-0.39, 0.29) is 12.5 Å². The molecule has 1 atom stereocenters. The molecule has 1 unspecified atom stereocenters. The van der Waals surface area contributed by atoms with Gasteiger partial charge in [0.1, 0.15) is 0 Å². The maximum Gasteiger partial charge on any atom is 0.255 e. The molecule has 1 aromatic rings. The first-order chi connectivity index (χ1) is 9.81. The maximum atomic E-state index is 12.1. The van der Waals surface area contributed by atoms with Gasteiger partial charge in [-0.15, -0.1) is 11.8 Å². The molecular weight excluding hydrogens is 276 g/mol. The Balaban J connectivity index is 1.97. The van der Waals surface area contributed by atoms with Gasteiger partial charge in [-0.05, 0) is 12.1 Å². The zero-order chi connectivity index (χ0) is 14.2. The van der Waals surface area contributed by atoms with Crippen LogP contribution in [0, 0.1) is 11.3 Å². The summed E-state index contributed by atoms with van der Waals surface area (Å²) in [5.41, 5.74) is 0.745. The lowest BCUT2D eigenvalue weighted by atomic mass is 10.3. The molecule has 6 heteroatoms. The first-order valence-electron chi connectivity index (χ1n) is 6.40. The molecule has 0 aliphatic carbocycles. The van der Waals surface area contributed by atoms with Gasteiger partial charge in [-0.3, -0.25) is 4.79 Å². The first kappa shape index (κ1) is 14.9. The number of anilines is 1. The fraction of sp³-hybridized carbons (Fsp3) is 0.429. The van der Waals surface area contributed by atoms with Crippen LogP contribution in [-0.4, -0.2) is 37.6 Å². The minimum Gasteiger partial charge on any atom is -0.376 e. The Hall–Kier alpha value is -1.55. The van der Waals surface area contributed by atoms with E-state index in [0.717, 1.165) is 10.6 Å². The molecule has 0 radical (unpaired) electrons. The highest BCUT2D eigenvalue weighted by Crippen LogP contribution is 2.27. The Bertz CT molecular complexity index is 495. The molecule has 5 nitrogen and oxygen atoms in total. The van der Waals surface area contributed by atoms with Gasteiger partial charge in [0.15, 0.2) is 6.10 Å². The van der Waals surface area contributed by atoms with E-state index in [4.69, 9.17) is 14.7 Å². The number of rotatable bonds is 5. The van der Waals surface area contributed by atoms with Gasteiger partial charge in [0.05, 0.1) is 31.6 Å². The molecule has 0 bridgehead atoms. The third kappa shape index (κ3) is 4.23. The predicted octanol–water partition coefficient (Wildman–Crippen LogP) is 2.05. The van der Waals surface area contributed by atoms with Crippen LogP contribution in [0.15, 0.2) is 29.2 Å². The molecule has 20 heavy (non-hydrogen) atoms. The van der Waals surface area contributed by atoms with Crippen LogP contribution in [0.4, 0.5) is 5.69 Å². The molecule has 0 saturated carbocycles. The van der Waals surface area contributed by atoms with Crippen LogP contribution in [-0.2, 0) is 14.3 Å². The number of para-hydroxylation sites is 1. The quantitative estimate of drug-likeness (QED) is 0.664. The number of hydrogen-bond donors (Lipinski definition) is 1. The molecule has 1 aliphatic heterocycles. The number of carbonyl (C=O) groups is 1. The largest absolute Gasteiger partial charge is 0.376 e. The number of thioether (sulfide) groups is 1. The van der Waals surface area contributed by atoms with E-state index in [2.05, 4.69) is 11.4 Å². The summed E-state index contributed by atoms with van der Waals surface area (Å²) in [6.07, 6.45) is -0.0760. The van der Waals surface area contributed by atoms with Crippen molar-refractivity contribution >= 4 is 23.4 Å². The van der Waals surface area contributed by atoms with Gasteiger partial charge in [-0.25, -0.2) is 0 Å². The fourth-order valence-electron chi connectivity index (χ4n) is 1.75. The molecule has 2 rings (SSSR count). The van der Waals surface area contributed by atoms with Crippen molar-refractivity contribution in [2.24, 2.45) is 0 Å². The van der Waals surface area contributed by atoms with Gasteiger partial charge in [-0.1, -0.05) is 12.1 Å². The third-order valence-electron chi connectivity index (χ3n) is 2.72. The summed E-state index contributed by atoms with van der Waals surface area (Å²) in [6, 6.07) is 9.65. The molecular formula is C14H16N2O3S. The Morgan fingerprint density at radius 1 is 1.45 bits per heavy atom. The van der Waals surface area contributed by atoms with Gasteiger partial charge < -0.3 is 14.8 Å². The van der Waals surface area contributed by atoms with Crippen LogP contribution in [0.5, 0.6) is 0 Å². The average molecular weight is 292 g/mol. The molecule has 106 valence electrons. The fourth-order valence-corrected chi connectivity index (χ4v) is 2.62. The molecule has 1 aliphatic rings. The van der Waals surface area contributed by atoms with Gasteiger partial charge in [-0.2, -0.15) is 5.26 Å². The Morgan fingerprint density at radius 3 is 3.05 bits per heavy atom. The first-order valence-corrected chi connectivity index (χ1v) is 7.39. The molecule has 1 N–H and O–H groups in total. The topological polar surface area (TPSA) is 71.4 Å². The Kier molecular flexibility index (Phi) is 5.87. The molecule has 1 amide bonds. The number of nitrogens with one attached hydrogen (secondary N) is 1. The van der Waals surface area contributed by atoms with E-state index in [0.29, 0.717) is 25.4 Å². The smallest absolute Gasteiger partial charge is 0.255 e. The number of nitrogens with zero attached hydrogens (tertiary/aromatic N) is 1. The van der Waals surface area contributed by atoms with Crippen LogP contribution in [0.3, 0.4) is 0 Å². The highest BCUT2D eigenvalue weighted by atomic mass is 32.2. The number of ether oxygens (including phenoxy) is 2. The molecule has 0 spiro atoms. The summed E-state index contributed by atoms with van der Waals surface area (Å²) in [5, 5.41) is 11.4. The SMILES string of the molecule is N#CCCSc1ccccc1NC(=O)C1COCCO1. The Morgan fingerprint density at radius 2 is 2.30 bits per heavy atom. The number of amides is 1. The second-order valence-electron chi connectivity index (χ2n) is 4.18. The Labute approximate surface area is 122 Å². The van der Waals surface area contributed by atoms with E-state index >= 15 is 0 Å². The summed E-state index contributed by atoms with van der Waals surface area (Å²) >= 11 is 1.55. The van der Waals surface area contributed by atoms with E-state index in [1.165, 1.54) is 0 Å². The predicted molar refractivity (Wildman–Crippen MR) is 76.6 cm³/mol. The summed E-state index contributed by atoms with van der Waals surface area (Å²) in [7, 11) is 0. The van der Waals surface area contributed by atoms with Crippen molar-refractivity contribution in [2.45, 2.75) is 17.4 Å². The highest BCUT2D eigenvalue weighted by Gasteiger charge is 2.23. The van der Waals surface area contributed by atoms with Crippen molar-refractivity contribution in [2.75, 3.05) is 30.9 Å². The number of benzene rings is 1. The summed E-state index contributed by atoms with van der Waals surface area (Å²) in [4.78, 5) is 13.0.